The molecule has 0 saturated heterocycles. The average molecular weight is 99.9 g/mol. The Morgan fingerprint density at radius 2 is 2.14 bits per heavy atom. The van der Waals surface area contributed by atoms with E-state index in [0.29, 0.717) is 13.2 Å². The van der Waals surface area contributed by atoms with E-state index in [0.717, 1.165) is 6.61 Å². The van der Waals surface area contributed by atoms with Gasteiger partial charge in [-0.05, 0) is 6.92 Å². The lowest BCUT2D eigenvalue weighted by Crippen LogP contribution is -2.00. The van der Waals surface area contributed by atoms with Crippen molar-refractivity contribution < 1.29 is 9.39 Å². The fourth-order valence-corrected chi connectivity index (χ4v) is 0.251. The molecule has 0 fully saturated rings. The molecule has 0 N–H and O–H groups in total. The Hall–Kier alpha value is -0.0151. The molecule has 0 spiro atoms. The number of rotatable bonds is 4. The van der Waals surface area contributed by atoms with Crippen molar-refractivity contribution in [3.63, 3.8) is 0 Å². The fraction of sp³-hybridized carbons (Fsp3) is 1.00. The highest BCUT2D eigenvalue weighted by Gasteiger charge is 1.77. The van der Waals surface area contributed by atoms with Gasteiger partial charge in [-0.2, -0.15) is 0 Å². The van der Waals surface area contributed by atoms with Crippen LogP contribution in [0.5, 0.6) is 0 Å². The van der Waals surface area contributed by atoms with Crippen molar-refractivity contribution in [2.45, 2.75) is 6.92 Å². The van der Waals surface area contributed by atoms with Crippen molar-refractivity contribution in [1.29, 1.82) is 0 Å². The molecule has 0 aromatic rings. The third kappa shape index (κ3) is 5.98. The highest BCUT2D eigenvalue weighted by atomic mass is 16.5. The van der Waals surface area contributed by atoms with Crippen LogP contribution < -0.4 is 0 Å². The van der Waals surface area contributed by atoms with Crippen LogP contribution in [0.25, 0.3) is 0 Å². The third-order valence-electron chi connectivity index (χ3n) is 0.550. The van der Waals surface area contributed by atoms with Crippen LogP contribution in [-0.2, 0) is 9.39 Å². The van der Waals surface area contributed by atoms with Crippen molar-refractivity contribution >= 4 is 8.05 Å². The van der Waals surface area contributed by atoms with Crippen molar-refractivity contribution in [2.24, 2.45) is 0 Å². The van der Waals surface area contributed by atoms with Crippen LogP contribution in [0.1, 0.15) is 6.92 Å². The van der Waals surface area contributed by atoms with Crippen molar-refractivity contribution in [2.75, 3.05) is 19.8 Å². The molecule has 0 bridgehead atoms. The second-order valence-corrected chi connectivity index (χ2v) is 1.07. The maximum absolute atomic E-state index is 4.87. The summed E-state index contributed by atoms with van der Waals surface area (Å²) in [5.41, 5.74) is 0. The maximum atomic E-state index is 4.87. The van der Waals surface area contributed by atoms with Gasteiger partial charge < -0.3 is 9.39 Å². The van der Waals surface area contributed by atoms with E-state index < -0.39 is 0 Å². The quantitative estimate of drug-likeness (QED) is 0.369. The van der Waals surface area contributed by atoms with E-state index >= 15 is 0 Å². The zero-order chi connectivity index (χ0) is 5.54. The second kappa shape index (κ2) is 5.98. The molecule has 0 unspecified atom stereocenters. The van der Waals surface area contributed by atoms with E-state index in [1.165, 1.54) is 0 Å². The van der Waals surface area contributed by atoms with E-state index in [1.54, 1.807) is 0 Å². The maximum Gasteiger partial charge on any atom is 0.282 e. The molecule has 0 amide bonds. The molecule has 3 heteroatoms. The summed E-state index contributed by atoms with van der Waals surface area (Å²) < 4.78 is 9.09. The Morgan fingerprint density at radius 3 is 2.57 bits per heavy atom. The topological polar surface area (TPSA) is 18.5 Å². The van der Waals surface area contributed by atoms with E-state index in [4.69, 9.17) is 4.74 Å². The monoisotopic (exact) mass is 100 g/mol. The first-order chi connectivity index (χ1) is 3.41. The normalized spacial score (nSPS) is 9.29. The van der Waals surface area contributed by atoms with E-state index in [9.17, 15) is 0 Å². The molecule has 0 saturated carbocycles. The minimum Gasteiger partial charge on any atom is -0.445 e. The molecule has 0 aromatic carbocycles. The fourth-order valence-electron chi connectivity index (χ4n) is 0.251. The van der Waals surface area contributed by atoms with Crippen LogP contribution in [0.2, 0.25) is 0 Å². The molecule has 7 heavy (non-hydrogen) atoms. The summed E-state index contributed by atoms with van der Waals surface area (Å²) in [6.45, 7) is 3.72. The van der Waals surface area contributed by atoms with Gasteiger partial charge in [0.25, 0.3) is 8.05 Å². The van der Waals surface area contributed by atoms with Crippen LogP contribution in [0.4, 0.5) is 0 Å². The Balaban J connectivity index is 2.45. The number of hydrogen-bond acceptors (Lipinski definition) is 2. The lowest BCUT2D eigenvalue weighted by Gasteiger charge is -1.96. The highest BCUT2D eigenvalue weighted by Crippen LogP contribution is 1.71. The van der Waals surface area contributed by atoms with Crippen molar-refractivity contribution in [3.05, 3.63) is 0 Å². The first-order valence-electron chi connectivity index (χ1n) is 2.31. The van der Waals surface area contributed by atoms with Crippen LogP contribution in [0.3, 0.4) is 0 Å². The predicted molar refractivity (Wildman–Crippen MR) is 28.2 cm³/mol. The van der Waals surface area contributed by atoms with Crippen LogP contribution in [0, 0.1) is 0 Å². The van der Waals surface area contributed by atoms with Gasteiger partial charge in [-0.25, -0.2) is 0 Å². The second-order valence-electron chi connectivity index (χ2n) is 1.07. The number of ether oxygens (including phenoxy) is 1. The van der Waals surface area contributed by atoms with Gasteiger partial charge in [0.2, 0.25) is 0 Å². The van der Waals surface area contributed by atoms with Crippen LogP contribution in [-0.4, -0.2) is 27.9 Å². The minimum absolute atomic E-state index is 0.480. The molecule has 2 nitrogen and oxygen atoms in total. The van der Waals surface area contributed by atoms with Gasteiger partial charge in [-0.1, -0.05) is 0 Å². The molecular weight excluding hydrogens is 90.9 g/mol. The molecule has 0 aliphatic carbocycles. The van der Waals surface area contributed by atoms with Gasteiger partial charge >= 0.3 is 0 Å². The summed E-state index contributed by atoms with van der Waals surface area (Å²) in [5.74, 6) is 0. The van der Waals surface area contributed by atoms with Crippen LogP contribution >= 0.6 is 0 Å². The molecule has 0 aromatic heterocycles. The minimum atomic E-state index is 0.480. The molecule has 0 heterocycles. The lowest BCUT2D eigenvalue weighted by molar-refractivity contribution is 0.114. The zero-order valence-corrected chi connectivity index (χ0v) is 4.52. The standard InChI is InChI=1S/C4H9BO2/c1-2-6-3-4-7-5/h2-4H2,1H3. The van der Waals surface area contributed by atoms with E-state index in [2.05, 4.69) is 12.7 Å². The zero-order valence-electron chi connectivity index (χ0n) is 4.52. The summed E-state index contributed by atoms with van der Waals surface area (Å²) in [6, 6.07) is 0. The van der Waals surface area contributed by atoms with Gasteiger partial charge in [0.15, 0.2) is 0 Å². The summed E-state index contributed by atoms with van der Waals surface area (Å²) in [4.78, 5) is 0. The third-order valence-corrected chi connectivity index (χ3v) is 0.550. The first kappa shape index (κ1) is 6.98. The summed E-state index contributed by atoms with van der Waals surface area (Å²) in [6.07, 6.45) is 0. The summed E-state index contributed by atoms with van der Waals surface area (Å²) >= 11 is 0. The molecule has 40 valence electrons. The summed E-state index contributed by atoms with van der Waals surface area (Å²) in [7, 11) is 4.69. The van der Waals surface area contributed by atoms with Gasteiger partial charge in [-0.15, -0.1) is 0 Å². The average Bonchev–Trinajstić information content (AvgIpc) is 1.69. The Morgan fingerprint density at radius 1 is 1.43 bits per heavy atom. The smallest absolute Gasteiger partial charge is 0.282 e. The number of hydrogen-bond donors (Lipinski definition) is 0. The lowest BCUT2D eigenvalue weighted by atomic mass is 10.6. The van der Waals surface area contributed by atoms with Gasteiger partial charge in [0.05, 0.1) is 13.2 Å². The van der Waals surface area contributed by atoms with Crippen molar-refractivity contribution in [1.82, 2.24) is 0 Å². The predicted octanol–water partition coefficient (Wildman–Crippen LogP) is 0.123. The van der Waals surface area contributed by atoms with Gasteiger partial charge in [0.1, 0.15) is 0 Å². The van der Waals surface area contributed by atoms with Crippen LogP contribution in [0.15, 0.2) is 0 Å². The molecule has 0 atom stereocenters. The van der Waals surface area contributed by atoms with E-state index in [-0.39, 0.29) is 0 Å². The SMILES string of the molecule is [B]OCCOCC. The van der Waals surface area contributed by atoms with Crippen molar-refractivity contribution in [3.8, 4) is 0 Å². The largest absolute Gasteiger partial charge is 0.445 e. The van der Waals surface area contributed by atoms with Gasteiger partial charge in [-0.3, -0.25) is 0 Å². The Labute approximate surface area is 45.2 Å². The van der Waals surface area contributed by atoms with E-state index in [1.807, 2.05) is 6.92 Å². The molecule has 0 aliphatic rings. The highest BCUT2D eigenvalue weighted by molar-refractivity contribution is 5.97. The molecule has 0 aliphatic heterocycles. The summed E-state index contributed by atoms with van der Waals surface area (Å²) in [5, 5.41) is 0. The molecular formula is C4H9BO2. The molecule has 0 rings (SSSR count). The molecule has 2 radical (unpaired) electrons. The Bertz CT molecular complexity index is 28.9. The first-order valence-corrected chi connectivity index (χ1v) is 2.31. The Kier molecular flexibility index (Phi) is 5.97. The van der Waals surface area contributed by atoms with Gasteiger partial charge in [0, 0.05) is 6.61 Å².